The smallest absolute Gasteiger partial charge is 0.0911 e. The highest BCUT2D eigenvalue weighted by atomic mass is 16.4. The van der Waals surface area contributed by atoms with Crippen molar-refractivity contribution < 1.29 is 5.21 Å². The second kappa shape index (κ2) is 5.23. The third-order valence-electron chi connectivity index (χ3n) is 2.72. The van der Waals surface area contributed by atoms with Crippen LogP contribution in [0.2, 0.25) is 0 Å². The van der Waals surface area contributed by atoms with Crippen LogP contribution in [0.1, 0.15) is 11.1 Å². The van der Waals surface area contributed by atoms with Gasteiger partial charge >= 0.3 is 0 Å². The Bertz CT molecular complexity index is 544. The van der Waals surface area contributed by atoms with Gasteiger partial charge in [0, 0.05) is 17.8 Å². The molecular weight excluding hydrogens is 226 g/mol. The molecule has 0 unspecified atom stereocenters. The van der Waals surface area contributed by atoms with Gasteiger partial charge in [0.1, 0.15) is 0 Å². The molecule has 0 aliphatic carbocycles. The van der Waals surface area contributed by atoms with Crippen LogP contribution >= 0.6 is 0 Å². The lowest BCUT2D eigenvalue weighted by Gasteiger charge is -2.06. The number of nitrogens with two attached hydrogens (primary N) is 2. The lowest BCUT2D eigenvalue weighted by atomic mass is 10.0. The van der Waals surface area contributed by atoms with Crippen LogP contribution in [0.4, 0.5) is 11.4 Å². The van der Waals surface area contributed by atoms with Gasteiger partial charge in [-0.15, -0.1) is 0 Å². The maximum Gasteiger partial charge on any atom is 0.0911 e. The minimum absolute atomic E-state index is 0.542. The number of hydrogen-bond acceptors (Lipinski definition) is 4. The molecule has 18 heavy (non-hydrogen) atoms. The van der Waals surface area contributed by atoms with Gasteiger partial charge in [0.05, 0.1) is 5.71 Å². The van der Waals surface area contributed by atoms with Crippen LogP contribution < -0.4 is 11.5 Å². The van der Waals surface area contributed by atoms with E-state index in [2.05, 4.69) is 5.16 Å². The lowest BCUT2D eigenvalue weighted by molar-refractivity contribution is 0.318. The van der Waals surface area contributed by atoms with E-state index in [0.717, 1.165) is 11.1 Å². The van der Waals surface area contributed by atoms with Gasteiger partial charge in [0.2, 0.25) is 0 Å². The van der Waals surface area contributed by atoms with Crippen LogP contribution in [0.15, 0.2) is 53.7 Å². The standard InChI is InChI=1S/C14H15N3O/c15-12-5-1-10(2-6-12)9-14(17-18)11-3-7-13(16)8-4-11/h1-8,18H,9,15-16H2. The first kappa shape index (κ1) is 12.0. The van der Waals surface area contributed by atoms with E-state index in [-0.39, 0.29) is 0 Å². The van der Waals surface area contributed by atoms with E-state index >= 15 is 0 Å². The molecule has 0 aromatic heterocycles. The molecule has 0 saturated heterocycles. The lowest BCUT2D eigenvalue weighted by Crippen LogP contribution is -2.05. The summed E-state index contributed by atoms with van der Waals surface area (Å²) in [7, 11) is 0. The topological polar surface area (TPSA) is 84.6 Å². The number of hydrogen-bond donors (Lipinski definition) is 3. The van der Waals surface area contributed by atoms with Crippen LogP contribution in [-0.4, -0.2) is 10.9 Å². The van der Waals surface area contributed by atoms with Crippen LogP contribution in [0.5, 0.6) is 0 Å². The highest BCUT2D eigenvalue weighted by Gasteiger charge is 2.05. The maximum absolute atomic E-state index is 9.10. The largest absolute Gasteiger partial charge is 0.411 e. The van der Waals surface area contributed by atoms with E-state index in [0.29, 0.717) is 23.5 Å². The van der Waals surface area contributed by atoms with Crippen molar-refractivity contribution in [3.8, 4) is 0 Å². The third-order valence-corrected chi connectivity index (χ3v) is 2.72. The number of anilines is 2. The molecule has 0 saturated carbocycles. The van der Waals surface area contributed by atoms with Gasteiger partial charge in [-0.2, -0.15) is 0 Å². The molecule has 0 fully saturated rings. The quantitative estimate of drug-likeness (QED) is 0.333. The van der Waals surface area contributed by atoms with Crippen molar-refractivity contribution in [3.63, 3.8) is 0 Å². The molecule has 4 nitrogen and oxygen atoms in total. The monoisotopic (exact) mass is 241 g/mol. The fraction of sp³-hybridized carbons (Fsp3) is 0.0714. The summed E-state index contributed by atoms with van der Waals surface area (Å²) in [4.78, 5) is 0. The molecule has 0 bridgehead atoms. The number of nitrogen functional groups attached to an aromatic ring is 2. The van der Waals surface area contributed by atoms with Crippen LogP contribution in [0.3, 0.4) is 0 Å². The van der Waals surface area contributed by atoms with Gasteiger partial charge in [-0.25, -0.2) is 0 Å². The number of nitrogens with zero attached hydrogens (tertiary/aromatic N) is 1. The number of benzene rings is 2. The van der Waals surface area contributed by atoms with E-state index in [1.54, 1.807) is 12.1 Å². The predicted molar refractivity (Wildman–Crippen MR) is 73.7 cm³/mol. The fourth-order valence-corrected chi connectivity index (χ4v) is 1.70. The Hall–Kier alpha value is -2.49. The minimum atomic E-state index is 0.542. The molecule has 0 heterocycles. The third kappa shape index (κ3) is 2.79. The zero-order valence-electron chi connectivity index (χ0n) is 9.88. The van der Waals surface area contributed by atoms with Crippen LogP contribution in [-0.2, 0) is 6.42 Å². The Morgan fingerprint density at radius 3 is 1.89 bits per heavy atom. The van der Waals surface area contributed by atoms with Crippen molar-refractivity contribution in [2.45, 2.75) is 6.42 Å². The second-order valence-electron chi connectivity index (χ2n) is 4.09. The van der Waals surface area contributed by atoms with Gasteiger partial charge < -0.3 is 16.7 Å². The molecule has 0 amide bonds. The van der Waals surface area contributed by atoms with Crippen molar-refractivity contribution in [3.05, 3.63) is 59.7 Å². The molecule has 0 aliphatic rings. The van der Waals surface area contributed by atoms with Crippen molar-refractivity contribution in [1.82, 2.24) is 0 Å². The van der Waals surface area contributed by atoms with Crippen molar-refractivity contribution in [2.75, 3.05) is 11.5 Å². The normalized spacial score (nSPS) is 11.4. The molecular formula is C14H15N3O. The second-order valence-corrected chi connectivity index (χ2v) is 4.09. The minimum Gasteiger partial charge on any atom is -0.411 e. The molecule has 0 spiro atoms. The van der Waals surface area contributed by atoms with Gasteiger partial charge in [-0.1, -0.05) is 29.4 Å². The Morgan fingerprint density at radius 2 is 1.39 bits per heavy atom. The predicted octanol–water partition coefficient (Wildman–Crippen LogP) is 2.27. The van der Waals surface area contributed by atoms with Crippen molar-refractivity contribution in [1.29, 1.82) is 0 Å². The van der Waals surface area contributed by atoms with Crippen LogP contribution in [0.25, 0.3) is 0 Å². The Balaban J connectivity index is 2.20. The molecule has 4 heteroatoms. The number of rotatable bonds is 3. The Morgan fingerprint density at radius 1 is 0.889 bits per heavy atom. The first-order valence-electron chi connectivity index (χ1n) is 5.60. The fourth-order valence-electron chi connectivity index (χ4n) is 1.70. The molecule has 2 aromatic rings. The summed E-state index contributed by atoms with van der Waals surface area (Å²) in [5.74, 6) is 0. The van der Waals surface area contributed by atoms with E-state index in [4.69, 9.17) is 16.7 Å². The first-order chi connectivity index (χ1) is 8.69. The number of oxime groups is 1. The van der Waals surface area contributed by atoms with Gasteiger partial charge in [-0.05, 0) is 35.4 Å². The highest BCUT2D eigenvalue weighted by Crippen LogP contribution is 2.12. The summed E-state index contributed by atoms with van der Waals surface area (Å²) < 4.78 is 0. The molecule has 5 N–H and O–H groups in total. The Labute approximate surface area is 106 Å². The van der Waals surface area contributed by atoms with Crippen molar-refractivity contribution >= 4 is 17.1 Å². The first-order valence-corrected chi connectivity index (χ1v) is 5.60. The zero-order chi connectivity index (χ0) is 13.0. The summed E-state index contributed by atoms with van der Waals surface area (Å²) in [6.45, 7) is 0. The van der Waals surface area contributed by atoms with E-state index in [1.165, 1.54) is 0 Å². The van der Waals surface area contributed by atoms with Gasteiger partial charge in [-0.3, -0.25) is 0 Å². The van der Waals surface area contributed by atoms with Gasteiger partial charge in [0.25, 0.3) is 0 Å². The summed E-state index contributed by atoms with van der Waals surface area (Å²) >= 11 is 0. The molecule has 2 aromatic carbocycles. The average molecular weight is 241 g/mol. The highest BCUT2D eigenvalue weighted by molar-refractivity contribution is 6.01. The SMILES string of the molecule is Nc1ccc(CC(=NO)c2ccc(N)cc2)cc1. The van der Waals surface area contributed by atoms with E-state index in [1.807, 2.05) is 36.4 Å². The molecule has 92 valence electrons. The summed E-state index contributed by atoms with van der Waals surface area (Å²) in [6.07, 6.45) is 0.542. The summed E-state index contributed by atoms with van der Waals surface area (Å²) in [6, 6.07) is 14.7. The maximum atomic E-state index is 9.10. The Kier molecular flexibility index (Phi) is 3.48. The summed E-state index contributed by atoms with van der Waals surface area (Å²) in [5.41, 5.74) is 15.1. The zero-order valence-corrected chi connectivity index (χ0v) is 9.88. The van der Waals surface area contributed by atoms with Crippen LogP contribution in [0, 0.1) is 0 Å². The van der Waals surface area contributed by atoms with E-state index < -0.39 is 0 Å². The average Bonchev–Trinajstić information content (AvgIpc) is 2.39. The van der Waals surface area contributed by atoms with Crippen molar-refractivity contribution in [2.24, 2.45) is 5.16 Å². The molecule has 0 aliphatic heterocycles. The summed E-state index contributed by atoms with van der Waals surface area (Å²) in [5, 5.41) is 12.4. The van der Waals surface area contributed by atoms with E-state index in [9.17, 15) is 0 Å². The molecule has 0 radical (unpaired) electrons. The molecule has 2 rings (SSSR count). The van der Waals surface area contributed by atoms with Gasteiger partial charge in [0.15, 0.2) is 0 Å². The molecule has 0 atom stereocenters.